The van der Waals surface area contributed by atoms with Gasteiger partial charge in [0.25, 0.3) is 0 Å². The third-order valence-corrected chi connectivity index (χ3v) is 5.58. The van der Waals surface area contributed by atoms with Crippen molar-refractivity contribution < 1.29 is 14.7 Å². The fourth-order valence-corrected chi connectivity index (χ4v) is 4.23. The van der Waals surface area contributed by atoms with Gasteiger partial charge >= 0.3 is 0 Å². The number of rotatable bonds is 4. The van der Waals surface area contributed by atoms with Crippen LogP contribution in [0.1, 0.15) is 56.0 Å². The summed E-state index contributed by atoms with van der Waals surface area (Å²) in [4.78, 5) is 23.4. The Kier molecular flexibility index (Phi) is 5.10. The van der Waals surface area contributed by atoms with Gasteiger partial charge in [0.05, 0.1) is 5.56 Å². The Hall–Kier alpha value is -1.87. The van der Waals surface area contributed by atoms with Crippen LogP contribution in [0.3, 0.4) is 0 Å². The summed E-state index contributed by atoms with van der Waals surface area (Å²) in [5, 5.41) is 23.1. The number of nitriles is 1. The molecular weight excluding hydrogens is 312 g/mol. The number of carboxylic acids is 1. The molecule has 6 heteroatoms. The first kappa shape index (κ1) is 17.5. The van der Waals surface area contributed by atoms with Crippen LogP contribution >= 0.6 is 11.3 Å². The largest absolute Gasteiger partial charge is 0.550 e. The van der Waals surface area contributed by atoms with Crippen LogP contribution in [0.5, 0.6) is 0 Å². The van der Waals surface area contributed by atoms with Crippen LogP contribution in [-0.4, -0.2) is 11.9 Å². The van der Waals surface area contributed by atoms with Gasteiger partial charge in [0.15, 0.2) is 0 Å². The molecule has 1 amide bonds. The summed E-state index contributed by atoms with van der Waals surface area (Å²) < 4.78 is 0. The van der Waals surface area contributed by atoms with Crippen LogP contribution in [0.25, 0.3) is 0 Å². The Morgan fingerprint density at radius 3 is 2.65 bits per heavy atom. The van der Waals surface area contributed by atoms with E-state index in [4.69, 9.17) is 0 Å². The second-order valence-electron chi connectivity index (χ2n) is 7.05. The van der Waals surface area contributed by atoms with Gasteiger partial charge in [-0.25, -0.2) is 0 Å². The highest BCUT2D eigenvalue weighted by molar-refractivity contribution is 7.16. The summed E-state index contributed by atoms with van der Waals surface area (Å²) in [5.41, 5.74) is 1.80. The molecule has 23 heavy (non-hydrogen) atoms. The lowest BCUT2D eigenvalue weighted by atomic mass is 9.72. The van der Waals surface area contributed by atoms with Crippen molar-refractivity contribution in [1.82, 2.24) is 0 Å². The molecule has 1 atom stereocenters. The second kappa shape index (κ2) is 6.71. The molecule has 0 fully saturated rings. The summed E-state index contributed by atoms with van der Waals surface area (Å²) in [6, 6.07) is 2.19. The molecule has 1 N–H and O–H groups in total. The molecule has 0 spiro atoms. The van der Waals surface area contributed by atoms with E-state index in [-0.39, 0.29) is 18.3 Å². The van der Waals surface area contributed by atoms with Crippen molar-refractivity contribution in [2.24, 2.45) is 11.3 Å². The smallest absolute Gasteiger partial charge is 0.225 e. The molecule has 1 aliphatic rings. The molecule has 1 aromatic heterocycles. The summed E-state index contributed by atoms with van der Waals surface area (Å²) in [6.07, 6.45) is 2.37. The number of nitrogens with one attached hydrogen (secondary N) is 1. The van der Waals surface area contributed by atoms with Gasteiger partial charge in [-0.2, -0.15) is 5.26 Å². The number of carboxylic acid groups (broad SMARTS) is 1. The maximum atomic E-state index is 11.8. The highest BCUT2D eigenvalue weighted by atomic mass is 32.1. The number of hydrogen-bond acceptors (Lipinski definition) is 5. The van der Waals surface area contributed by atoms with Crippen molar-refractivity contribution in [3.8, 4) is 6.07 Å². The third kappa shape index (κ3) is 4.11. The van der Waals surface area contributed by atoms with E-state index in [1.165, 1.54) is 16.2 Å². The van der Waals surface area contributed by atoms with E-state index in [2.05, 4.69) is 32.2 Å². The zero-order valence-corrected chi connectivity index (χ0v) is 14.5. The topological polar surface area (TPSA) is 93.0 Å². The zero-order chi connectivity index (χ0) is 17.2. The maximum absolute atomic E-state index is 11.8. The maximum Gasteiger partial charge on any atom is 0.225 e. The van der Waals surface area contributed by atoms with E-state index in [0.717, 1.165) is 24.8 Å². The molecule has 1 heterocycles. The van der Waals surface area contributed by atoms with Crippen LogP contribution in [0.15, 0.2) is 0 Å². The Balaban J connectivity index is 2.18. The Bertz CT molecular complexity index is 665. The fourth-order valence-electron chi connectivity index (χ4n) is 2.94. The van der Waals surface area contributed by atoms with Gasteiger partial charge in [0.2, 0.25) is 5.91 Å². The number of fused-ring (bicyclic) bond motifs is 1. The lowest BCUT2D eigenvalue weighted by molar-refractivity contribution is -0.305. The number of anilines is 1. The molecular formula is C17H21N2O3S-. The van der Waals surface area contributed by atoms with Crippen LogP contribution < -0.4 is 10.4 Å². The minimum Gasteiger partial charge on any atom is -0.550 e. The van der Waals surface area contributed by atoms with Gasteiger partial charge in [-0.05, 0) is 42.6 Å². The Morgan fingerprint density at radius 1 is 1.39 bits per heavy atom. The van der Waals surface area contributed by atoms with Gasteiger partial charge in [-0.15, -0.1) is 11.3 Å². The summed E-state index contributed by atoms with van der Waals surface area (Å²) >= 11 is 1.45. The highest BCUT2D eigenvalue weighted by Gasteiger charge is 2.32. The molecule has 2 rings (SSSR count). The third-order valence-electron chi connectivity index (χ3n) is 4.41. The van der Waals surface area contributed by atoms with E-state index >= 15 is 0 Å². The van der Waals surface area contributed by atoms with Crippen LogP contribution in [0.4, 0.5) is 5.00 Å². The van der Waals surface area contributed by atoms with Crippen molar-refractivity contribution in [2.45, 2.75) is 52.9 Å². The first-order chi connectivity index (χ1) is 10.7. The summed E-state index contributed by atoms with van der Waals surface area (Å²) in [6.45, 7) is 6.68. The lowest BCUT2D eigenvalue weighted by Crippen LogP contribution is -2.26. The zero-order valence-electron chi connectivity index (χ0n) is 13.7. The minimum atomic E-state index is -1.25. The van der Waals surface area contributed by atoms with Crippen molar-refractivity contribution in [3.05, 3.63) is 16.0 Å². The van der Waals surface area contributed by atoms with E-state index in [1.54, 1.807) is 0 Å². The molecule has 0 radical (unpaired) electrons. The molecule has 1 aliphatic carbocycles. The number of hydrogen-bond donors (Lipinski definition) is 1. The number of aliphatic carboxylic acids is 1. The number of nitrogens with zero attached hydrogens (tertiary/aromatic N) is 1. The molecule has 0 aromatic carbocycles. The highest BCUT2D eigenvalue weighted by Crippen LogP contribution is 2.43. The van der Waals surface area contributed by atoms with Gasteiger partial charge in [-0.1, -0.05) is 20.8 Å². The molecule has 0 bridgehead atoms. The van der Waals surface area contributed by atoms with Crippen LogP contribution in [0.2, 0.25) is 0 Å². The quantitative estimate of drug-likeness (QED) is 0.914. The minimum absolute atomic E-state index is 0.139. The number of carbonyl (C=O) groups is 2. The normalized spacial score (nSPS) is 17.2. The predicted molar refractivity (Wildman–Crippen MR) is 86.9 cm³/mol. The summed E-state index contributed by atoms with van der Waals surface area (Å²) in [5.74, 6) is -1.09. The van der Waals surface area contributed by atoms with Gasteiger partial charge in [0, 0.05) is 17.3 Å². The lowest BCUT2D eigenvalue weighted by Gasteiger charge is -2.33. The Morgan fingerprint density at radius 2 is 2.09 bits per heavy atom. The number of amides is 1. The first-order valence-electron chi connectivity index (χ1n) is 7.76. The molecule has 124 valence electrons. The van der Waals surface area contributed by atoms with Crippen LogP contribution in [-0.2, 0) is 22.4 Å². The van der Waals surface area contributed by atoms with Gasteiger partial charge in [0.1, 0.15) is 11.1 Å². The average Bonchev–Trinajstić information content (AvgIpc) is 2.80. The Labute approximate surface area is 140 Å². The molecule has 1 aromatic rings. The predicted octanol–water partition coefficient (Wildman–Crippen LogP) is 2.24. The first-order valence-corrected chi connectivity index (χ1v) is 8.58. The second-order valence-corrected chi connectivity index (χ2v) is 8.15. The van der Waals surface area contributed by atoms with Gasteiger partial charge in [-0.3, -0.25) is 4.79 Å². The number of carbonyl (C=O) groups excluding carboxylic acids is 2. The van der Waals surface area contributed by atoms with E-state index in [9.17, 15) is 20.0 Å². The molecule has 0 aliphatic heterocycles. The summed E-state index contributed by atoms with van der Waals surface area (Å²) in [7, 11) is 0. The molecule has 0 saturated carbocycles. The molecule has 0 saturated heterocycles. The van der Waals surface area contributed by atoms with Crippen molar-refractivity contribution in [2.75, 3.05) is 5.32 Å². The number of thiophene rings is 1. The SMILES string of the molecule is CC(C)(C)[C@H]1CCc2c(sc(NC(=O)CCC(=O)[O-])c2C#N)C1. The fraction of sp³-hybridized carbons (Fsp3) is 0.588. The molecule has 5 nitrogen and oxygen atoms in total. The van der Waals surface area contributed by atoms with Crippen LogP contribution in [0, 0.1) is 22.7 Å². The van der Waals surface area contributed by atoms with E-state index in [0.29, 0.717) is 16.5 Å². The average molecular weight is 333 g/mol. The monoisotopic (exact) mass is 333 g/mol. The van der Waals surface area contributed by atoms with Crippen molar-refractivity contribution in [3.63, 3.8) is 0 Å². The van der Waals surface area contributed by atoms with E-state index < -0.39 is 11.9 Å². The molecule has 0 unspecified atom stereocenters. The van der Waals surface area contributed by atoms with Gasteiger partial charge < -0.3 is 15.2 Å². The standard InChI is InChI=1S/C17H22N2O3S/c1-17(2,3)10-4-5-11-12(9-18)16(23-13(11)8-10)19-14(20)6-7-15(21)22/h10H,4-8H2,1-3H3,(H,19,20)(H,21,22)/p-1/t10-/m0/s1. The van der Waals surface area contributed by atoms with Crippen molar-refractivity contribution in [1.29, 1.82) is 5.26 Å². The van der Waals surface area contributed by atoms with E-state index in [1.807, 2.05) is 0 Å². The van der Waals surface area contributed by atoms with Crippen molar-refractivity contribution >= 4 is 28.2 Å².